The topological polar surface area (TPSA) is 142 Å². The molecule has 300 valence electrons. The maximum absolute atomic E-state index is 14.0. The Morgan fingerprint density at radius 2 is 1.20 bits per heavy atom. The number of nitrogens with one attached hydrogen (secondary N) is 2. The van der Waals surface area contributed by atoms with E-state index in [-0.39, 0.29) is 23.9 Å². The summed E-state index contributed by atoms with van der Waals surface area (Å²) in [6.45, 7) is 1.22. The molecule has 2 saturated heterocycles. The number of rotatable bonds is 11. The Balaban J connectivity index is 0.910. The van der Waals surface area contributed by atoms with Crippen LogP contribution in [0.5, 0.6) is 0 Å². The molecule has 2 aromatic heterocycles. The van der Waals surface area contributed by atoms with Gasteiger partial charge in [-0.1, -0.05) is 91.0 Å². The molecule has 2 aliphatic rings. The summed E-state index contributed by atoms with van der Waals surface area (Å²) in [5, 5.41) is 9.80. The number of hydrogen-bond donors (Lipinski definition) is 3. The van der Waals surface area contributed by atoms with Gasteiger partial charge in [-0.25, -0.2) is 14.8 Å². The van der Waals surface area contributed by atoms with Gasteiger partial charge in [-0.15, -0.1) is 0 Å². The molecule has 0 saturated carbocycles. The molecule has 3 atom stereocenters. The minimum absolute atomic E-state index is 0.0159. The lowest BCUT2D eigenvalue weighted by Crippen LogP contribution is -2.43. The number of benzene rings is 4. The first kappa shape index (κ1) is 38.9. The zero-order valence-corrected chi connectivity index (χ0v) is 33.5. The van der Waals surface area contributed by atoms with Gasteiger partial charge in [-0.2, -0.15) is 0 Å². The third-order valence-corrected chi connectivity index (χ3v) is 11.5. The summed E-state index contributed by atoms with van der Waals surface area (Å²) in [5.74, 6) is 1.20. The predicted molar refractivity (Wildman–Crippen MR) is 229 cm³/mol. The lowest BCUT2D eigenvalue weighted by molar-refractivity contribution is -0.137. The van der Waals surface area contributed by atoms with Crippen LogP contribution in [0.1, 0.15) is 66.6 Å². The van der Waals surface area contributed by atoms with Crippen molar-refractivity contribution in [1.29, 1.82) is 0 Å². The van der Waals surface area contributed by atoms with Crippen molar-refractivity contribution in [2.75, 3.05) is 39.1 Å². The second-order valence-corrected chi connectivity index (χ2v) is 15.4. The van der Waals surface area contributed by atoms with Crippen LogP contribution >= 0.6 is 0 Å². The van der Waals surface area contributed by atoms with Gasteiger partial charge >= 0.3 is 6.09 Å². The van der Waals surface area contributed by atoms with E-state index in [1.165, 1.54) is 7.05 Å². The molecule has 2 aliphatic heterocycles. The number of carbonyl (C=O) groups is 3. The minimum atomic E-state index is -1.16. The molecule has 3 amide bonds. The normalized spacial score (nSPS) is 17.1. The van der Waals surface area contributed by atoms with Crippen molar-refractivity contribution in [3.63, 3.8) is 0 Å². The second kappa shape index (κ2) is 16.9. The molecule has 0 spiro atoms. The van der Waals surface area contributed by atoms with Crippen LogP contribution in [0.3, 0.4) is 0 Å². The van der Waals surface area contributed by atoms with E-state index < -0.39 is 12.1 Å². The molecule has 2 fully saturated rings. The number of anilines is 1. The minimum Gasteiger partial charge on any atom is -0.465 e. The maximum Gasteiger partial charge on any atom is 0.407 e. The van der Waals surface area contributed by atoms with E-state index in [4.69, 9.17) is 9.97 Å². The van der Waals surface area contributed by atoms with Gasteiger partial charge in [-0.3, -0.25) is 14.5 Å². The number of likely N-dealkylation sites (tertiary alicyclic amines) is 2. The second-order valence-electron chi connectivity index (χ2n) is 15.4. The average molecular weight is 789 g/mol. The van der Waals surface area contributed by atoms with Crippen LogP contribution in [-0.4, -0.2) is 91.9 Å². The Kier molecular flexibility index (Phi) is 11.1. The van der Waals surface area contributed by atoms with Gasteiger partial charge in [0.2, 0.25) is 5.91 Å². The number of hydrogen-bond acceptors (Lipinski definition) is 6. The highest BCUT2D eigenvalue weighted by molar-refractivity contribution is 5.92. The van der Waals surface area contributed by atoms with Gasteiger partial charge in [0.15, 0.2) is 0 Å². The van der Waals surface area contributed by atoms with Crippen molar-refractivity contribution >= 4 is 29.7 Å². The fourth-order valence-electron chi connectivity index (χ4n) is 8.20. The van der Waals surface area contributed by atoms with Crippen molar-refractivity contribution in [3.8, 4) is 33.6 Å². The number of amides is 3. The zero-order valence-electron chi connectivity index (χ0n) is 33.5. The summed E-state index contributed by atoms with van der Waals surface area (Å²) >= 11 is 0. The van der Waals surface area contributed by atoms with E-state index in [0.29, 0.717) is 24.5 Å². The number of carbonyl (C=O) groups excluding carboxylic acids is 2. The third kappa shape index (κ3) is 8.25. The van der Waals surface area contributed by atoms with Crippen molar-refractivity contribution in [1.82, 2.24) is 34.6 Å². The Bertz CT molecular complexity index is 2440. The third-order valence-electron chi connectivity index (χ3n) is 11.5. The van der Waals surface area contributed by atoms with Crippen molar-refractivity contribution in [3.05, 3.63) is 144 Å². The molecule has 0 unspecified atom stereocenters. The Morgan fingerprint density at radius 3 is 1.73 bits per heavy atom. The number of likely N-dealkylation sites (N-methyl/N-ethyl adjacent to an activating group) is 1. The van der Waals surface area contributed by atoms with Gasteiger partial charge in [0.05, 0.1) is 35.9 Å². The van der Waals surface area contributed by atoms with E-state index >= 15 is 0 Å². The van der Waals surface area contributed by atoms with E-state index in [0.717, 1.165) is 81.3 Å². The first-order chi connectivity index (χ1) is 28.6. The molecule has 4 aromatic carbocycles. The summed E-state index contributed by atoms with van der Waals surface area (Å²) in [4.78, 5) is 62.3. The molecule has 0 aliphatic carbocycles. The highest BCUT2D eigenvalue weighted by atomic mass is 16.4. The molecular weight excluding hydrogens is 741 g/mol. The van der Waals surface area contributed by atoms with E-state index in [2.05, 4.69) is 58.5 Å². The zero-order chi connectivity index (χ0) is 41.0. The quantitative estimate of drug-likeness (QED) is 0.112. The molecule has 8 rings (SSSR count). The largest absolute Gasteiger partial charge is 0.465 e. The molecule has 12 nitrogen and oxygen atoms in total. The molecular formula is C47H48N8O4. The SMILES string of the molecule is CN(C)c1ccc(C=CC(=O)N2CCC[C@H]2c2ncc(-c3ccc(-c4ccc(-c5cnc([C@@H]6CCCN6C(=O)[C@@H](c6ccccc6)N(C)C(=O)O)[nH]5)cc4)cc3)[nH]2)cc1. The van der Waals surface area contributed by atoms with Gasteiger partial charge in [0, 0.05) is 46.0 Å². The summed E-state index contributed by atoms with van der Waals surface area (Å²) in [5.41, 5.74) is 8.58. The van der Waals surface area contributed by atoms with Crippen LogP contribution in [0.15, 0.2) is 122 Å². The number of H-pyrrole nitrogens is 2. The van der Waals surface area contributed by atoms with Crippen molar-refractivity contribution < 1.29 is 19.5 Å². The number of aromatic nitrogens is 4. The van der Waals surface area contributed by atoms with Crippen molar-refractivity contribution in [2.45, 2.75) is 43.8 Å². The van der Waals surface area contributed by atoms with Gasteiger partial charge in [-0.05, 0) is 77.3 Å². The van der Waals surface area contributed by atoms with Crippen LogP contribution < -0.4 is 4.90 Å². The molecule has 3 N–H and O–H groups in total. The van der Waals surface area contributed by atoms with Crippen LogP contribution in [-0.2, 0) is 9.59 Å². The van der Waals surface area contributed by atoms with Gasteiger partial charge in [0.1, 0.15) is 17.7 Å². The van der Waals surface area contributed by atoms with Crippen LogP contribution in [0.4, 0.5) is 10.5 Å². The molecule has 0 radical (unpaired) electrons. The summed E-state index contributed by atoms with van der Waals surface area (Å²) in [6, 6.07) is 32.4. The van der Waals surface area contributed by atoms with Gasteiger partial charge < -0.3 is 29.8 Å². The molecule has 12 heteroatoms. The van der Waals surface area contributed by atoms with Crippen LogP contribution in [0, 0.1) is 0 Å². The number of nitrogens with zero attached hydrogens (tertiary/aromatic N) is 6. The maximum atomic E-state index is 14.0. The first-order valence-corrected chi connectivity index (χ1v) is 20.0. The number of carboxylic acid groups (broad SMARTS) is 1. The highest BCUT2D eigenvalue weighted by Crippen LogP contribution is 2.36. The van der Waals surface area contributed by atoms with Crippen LogP contribution in [0.2, 0.25) is 0 Å². The standard InChI is InChI=1S/C47H48N8O4/c1-52(2)37-24-13-31(14-25-37)15-26-42(56)54-27-7-11-40(54)44-48-29-38(50-44)34-20-16-32(17-21-34)33-18-22-35(23-19-33)39-30-49-45(51-39)41-12-8-28-55(41)46(57)43(53(3)47(58)59)36-9-5-4-6-10-36/h4-6,9-10,13-26,29-30,40-41,43H,7-8,11-12,27-28H2,1-3H3,(H,48,50)(H,49,51)(H,58,59)/t40-,41-,43+/m0/s1. The monoisotopic (exact) mass is 788 g/mol. The average Bonchev–Trinajstić information content (AvgIpc) is 4.11. The summed E-state index contributed by atoms with van der Waals surface area (Å²) in [7, 11) is 5.44. The Hall–Kier alpha value is -6.95. The smallest absolute Gasteiger partial charge is 0.407 e. The van der Waals surface area contributed by atoms with E-state index in [9.17, 15) is 19.5 Å². The number of aromatic amines is 2. The number of imidazole rings is 2. The fraction of sp³-hybridized carbons (Fsp3) is 0.255. The van der Waals surface area contributed by atoms with E-state index in [1.807, 2.05) is 78.6 Å². The molecule has 6 aromatic rings. The fourth-order valence-corrected chi connectivity index (χ4v) is 8.20. The lowest BCUT2D eigenvalue weighted by atomic mass is 10.0. The Labute approximate surface area is 343 Å². The first-order valence-electron chi connectivity index (χ1n) is 20.0. The molecule has 59 heavy (non-hydrogen) atoms. The highest BCUT2D eigenvalue weighted by Gasteiger charge is 2.39. The van der Waals surface area contributed by atoms with Crippen LogP contribution in [0.25, 0.3) is 39.7 Å². The van der Waals surface area contributed by atoms with Gasteiger partial charge in [0.25, 0.3) is 5.91 Å². The summed E-state index contributed by atoms with van der Waals surface area (Å²) < 4.78 is 0. The molecule has 4 heterocycles. The summed E-state index contributed by atoms with van der Waals surface area (Å²) in [6.07, 6.45) is 9.32. The van der Waals surface area contributed by atoms with Crippen molar-refractivity contribution in [2.24, 2.45) is 0 Å². The predicted octanol–water partition coefficient (Wildman–Crippen LogP) is 8.59. The van der Waals surface area contributed by atoms with E-state index in [1.54, 1.807) is 29.3 Å². The Morgan fingerprint density at radius 1 is 0.695 bits per heavy atom. The molecule has 0 bridgehead atoms. The lowest BCUT2D eigenvalue weighted by Gasteiger charge is -2.32.